The zero-order valence-electron chi connectivity index (χ0n) is 12.4. The van der Waals surface area contributed by atoms with Crippen molar-refractivity contribution in [3.63, 3.8) is 0 Å². The van der Waals surface area contributed by atoms with Crippen LogP contribution in [-0.2, 0) is 4.79 Å². The molecule has 0 radical (unpaired) electrons. The highest BCUT2D eigenvalue weighted by atomic mass is 16.5. The average Bonchev–Trinajstić information content (AvgIpc) is 2.54. The van der Waals surface area contributed by atoms with E-state index in [4.69, 9.17) is 4.74 Å². The summed E-state index contributed by atoms with van der Waals surface area (Å²) in [5.41, 5.74) is 2.00. The topological polar surface area (TPSA) is 84.5 Å². The summed E-state index contributed by atoms with van der Waals surface area (Å²) in [4.78, 5) is 34.9. The maximum absolute atomic E-state index is 12.3. The molecule has 0 atom stereocenters. The van der Waals surface area contributed by atoms with Crippen LogP contribution in [0.5, 0.6) is 5.75 Å². The first kappa shape index (κ1) is 14.8. The molecule has 1 aliphatic rings. The summed E-state index contributed by atoms with van der Waals surface area (Å²) < 4.78 is 5.29. The summed E-state index contributed by atoms with van der Waals surface area (Å²) in [5, 5.41) is 5.40. The van der Waals surface area contributed by atoms with Crippen molar-refractivity contribution in [3.8, 4) is 5.75 Å². The van der Waals surface area contributed by atoms with Crippen LogP contribution in [0.4, 0.5) is 11.4 Å². The molecule has 2 aromatic carbocycles. The van der Waals surface area contributed by atoms with Crippen LogP contribution in [0, 0.1) is 0 Å². The second kappa shape index (κ2) is 5.92. The van der Waals surface area contributed by atoms with Gasteiger partial charge >= 0.3 is 0 Å². The van der Waals surface area contributed by atoms with Gasteiger partial charge in [-0.25, -0.2) is 0 Å². The highest BCUT2D eigenvalue weighted by Crippen LogP contribution is 2.28. The van der Waals surface area contributed by atoms with E-state index in [0.717, 1.165) is 0 Å². The lowest BCUT2D eigenvalue weighted by Gasteiger charge is -2.18. The molecule has 0 fully saturated rings. The van der Waals surface area contributed by atoms with Crippen molar-refractivity contribution in [2.24, 2.45) is 0 Å². The Morgan fingerprint density at radius 3 is 2.74 bits per heavy atom. The van der Waals surface area contributed by atoms with Gasteiger partial charge in [-0.3, -0.25) is 14.4 Å². The molecule has 0 bridgehead atoms. The predicted molar refractivity (Wildman–Crippen MR) is 85.0 cm³/mol. The Hall–Kier alpha value is -3.15. The summed E-state index contributed by atoms with van der Waals surface area (Å²) >= 11 is 0. The van der Waals surface area contributed by atoms with E-state index in [0.29, 0.717) is 28.3 Å². The monoisotopic (exact) mass is 310 g/mol. The number of benzene rings is 2. The van der Waals surface area contributed by atoms with Gasteiger partial charge in [-0.05, 0) is 37.3 Å². The minimum Gasteiger partial charge on any atom is -0.482 e. The number of hydrogen-bond acceptors (Lipinski definition) is 4. The van der Waals surface area contributed by atoms with Gasteiger partial charge in [-0.15, -0.1) is 0 Å². The Labute approximate surface area is 132 Å². The van der Waals surface area contributed by atoms with Crippen LogP contribution < -0.4 is 15.4 Å². The smallest absolute Gasteiger partial charge is 0.262 e. The highest BCUT2D eigenvalue weighted by Gasteiger charge is 2.18. The standard InChI is InChI=1S/C17H14N2O4/c1-10(20)11-3-2-4-13(7-11)18-17(22)12-5-6-14-15(8-12)23-9-16(21)19-14/h2-8H,9H2,1H3,(H,18,22)(H,19,21). The second-order valence-corrected chi connectivity index (χ2v) is 5.14. The molecule has 0 spiro atoms. The van der Waals surface area contributed by atoms with Crippen molar-refractivity contribution in [1.82, 2.24) is 0 Å². The number of carbonyl (C=O) groups excluding carboxylic acids is 3. The Morgan fingerprint density at radius 2 is 1.96 bits per heavy atom. The Bertz CT molecular complexity index is 814. The van der Waals surface area contributed by atoms with Gasteiger partial charge in [0, 0.05) is 16.8 Å². The van der Waals surface area contributed by atoms with Crippen molar-refractivity contribution < 1.29 is 19.1 Å². The van der Waals surface area contributed by atoms with Gasteiger partial charge in [-0.1, -0.05) is 12.1 Å². The minimum absolute atomic E-state index is 0.0704. The van der Waals surface area contributed by atoms with Crippen molar-refractivity contribution in [1.29, 1.82) is 0 Å². The average molecular weight is 310 g/mol. The fraction of sp³-hybridized carbons (Fsp3) is 0.118. The van der Waals surface area contributed by atoms with Gasteiger partial charge in [-0.2, -0.15) is 0 Å². The van der Waals surface area contributed by atoms with E-state index in [-0.39, 0.29) is 24.2 Å². The number of Topliss-reactive ketones (excluding diaryl/α,β-unsaturated/α-hetero) is 1. The van der Waals surface area contributed by atoms with Gasteiger partial charge in [0.05, 0.1) is 5.69 Å². The molecule has 3 rings (SSSR count). The fourth-order valence-corrected chi connectivity index (χ4v) is 2.24. The molecule has 2 aromatic rings. The summed E-state index contributed by atoms with van der Waals surface area (Å²) in [6.45, 7) is 1.40. The van der Waals surface area contributed by atoms with E-state index in [1.807, 2.05) is 0 Å². The lowest BCUT2D eigenvalue weighted by molar-refractivity contribution is -0.118. The first-order chi connectivity index (χ1) is 11.0. The molecule has 0 aliphatic carbocycles. The van der Waals surface area contributed by atoms with E-state index < -0.39 is 0 Å². The lowest BCUT2D eigenvalue weighted by atomic mass is 10.1. The van der Waals surface area contributed by atoms with Crippen LogP contribution in [0.2, 0.25) is 0 Å². The first-order valence-corrected chi connectivity index (χ1v) is 7.02. The highest BCUT2D eigenvalue weighted by molar-refractivity contribution is 6.06. The minimum atomic E-state index is -0.325. The normalized spacial score (nSPS) is 12.7. The number of amides is 2. The molecule has 23 heavy (non-hydrogen) atoms. The Morgan fingerprint density at radius 1 is 1.13 bits per heavy atom. The summed E-state index contributed by atoms with van der Waals surface area (Å²) in [6.07, 6.45) is 0. The molecule has 1 aliphatic heterocycles. The number of rotatable bonds is 3. The van der Waals surface area contributed by atoms with Crippen LogP contribution in [0.3, 0.4) is 0 Å². The second-order valence-electron chi connectivity index (χ2n) is 5.14. The van der Waals surface area contributed by atoms with E-state index in [1.165, 1.54) is 6.92 Å². The molecule has 2 N–H and O–H groups in total. The molecule has 1 heterocycles. The van der Waals surface area contributed by atoms with Crippen LogP contribution in [0.1, 0.15) is 27.6 Å². The van der Waals surface area contributed by atoms with E-state index in [2.05, 4.69) is 10.6 Å². The van der Waals surface area contributed by atoms with Crippen LogP contribution >= 0.6 is 0 Å². The summed E-state index contributed by atoms with van der Waals surface area (Å²) in [5.74, 6) is -0.168. The van der Waals surface area contributed by atoms with Crippen LogP contribution in [0.15, 0.2) is 42.5 Å². The van der Waals surface area contributed by atoms with Crippen molar-refractivity contribution >= 4 is 29.0 Å². The first-order valence-electron chi connectivity index (χ1n) is 7.02. The zero-order chi connectivity index (χ0) is 16.4. The molecule has 0 saturated heterocycles. The number of carbonyl (C=O) groups is 3. The van der Waals surface area contributed by atoms with E-state index >= 15 is 0 Å². The molecule has 0 saturated carbocycles. The SMILES string of the molecule is CC(=O)c1cccc(NC(=O)c2ccc3c(c2)OCC(=O)N3)c1. The quantitative estimate of drug-likeness (QED) is 0.853. The number of fused-ring (bicyclic) bond motifs is 1. The van der Waals surface area contributed by atoms with Crippen LogP contribution in [-0.4, -0.2) is 24.2 Å². The number of hydrogen-bond donors (Lipinski definition) is 2. The molecule has 0 unspecified atom stereocenters. The molecule has 2 amide bonds. The van der Waals surface area contributed by atoms with E-state index in [1.54, 1.807) is 42.5 Å². The summed E-state index contributed by atoms with van der Waals surface area (Å²) in [7, 11) is 0. The molecular formula is C17H14N2O4. The Balaban J connectivity index is 1.80. The number of anilines is 2. The molecule has 116 valence electrons. The maximum atomic E-state index is 12.3. The van der Waals surface area contributed by atoms with E-state index in [9.17, 15) is 14.4 Å². The lowest BCUT2D eigenvalue weighted by Crippen LogP contribution is -2.25. The largest absolute Gasteiger partial charge is 0.482 e. The predicted octanol–water partition coefficient (Wildman–Crippen LogP) is 2.47. The van der Waals surface area contributed by atoms with Crippen molar-refractivity contribution in [2.75, 3.05) is 17.2 Å². The third kappa shape index (κ3) is 3.21. The number of ketones is 1. The molecular weight excluding hydrogens is 296 g/mol. The van der Waals surface area contributed by atoms with Gasteiger partial charge < -0.3 is 15.4 Å². The van der Waals surface area contributed by atoms with Gasteiger partial charge in [0.1, 0.15) is 5.75 Å². The number of ether oxygens (including phenoxy) is 1. The van der Waals surface area contributed by atoms with Crippen LogP contribution in [0.25, 0.3) is 0 Å². The molecule has 6 nitrogen and oxygen atoms in total. The third-order valence-corrected chi connectivity index (χ3v) is 3.40. The molecule has 6 heteroatoms. The summed E-state index contributed by atoms with van der Waals surface area (Å²) in [6, 6.07) is 11.5. The zero-order valence-corrected chi connectivity index (χ0v) is 12.4. The van der Waals surface area contributed by atoms with Crippen molar-refractivity contribution in [3.05, 3.63) is 53.6 Å². The van der Waals surface area contributed by atoms with Gasteiger partial charge in [0.15, 0.2) is 12.4 Å². The molecule has 0 aromatic heterocycles. The maximum Gasteiger partial charge on any atom is 0.262 e. The van der Waals surface area contributed by atoms with Gasteiger partial charge in [0.25, 0.3) is 11.8 Å². The fourth-order valence-electron chi connectivity index (χ4n) is 2.24. The van der Waals surface area contributed by atoms with Crippen molar-refractivity contribution in [2.45, 2.75) is 6.92 Å². The van der Waals surface area contributed by atoms with Gasteiger partial charge in [0.2, 0.25) is 0 Å². The Kier molecular flexibility index (Phi) is 3.80. The third-order valence-electron chi connectivity index (χ3n) is 3.40. The number of nitrogens with one attached hydrogen (secondary N) is 2.